The fraction of sp³-hybridized carbons (Fsp3) is 0.350. The molecule has 146 valence electrons. The van der Waals surface area contributed by atoms with E-state index in [1.807, 2.05) is 37.9 Å². The van der Waals surface area contributed by atoms with E-state index < -0.39 is 6.36 Å². The molecule has 27 heavy (non-hydrogen) atoms. The van der Waals surface area contributed by atoms with Crippen LogP contribution in [-0.2, 0) is 6.42 Å². The summed E-state index contributed by atoms with van der Waals surface area (Å²) in [6, 6.07) is 9.68. The highest BCUT2D eigenvalue weighted by molar-refractivity contribution is 5.65. The Labute approximate surface area is 157 Å². The number of hydrogen-bond donors (Lipinski definition) is 0. The molecule has 0 N–H and O–H groups in total. The molecule has 0 fully saturated rings. The van der Waals surface area contributed by atoms with E-state index in [4.69, 9.17) is 4.74 Å². The second kappa shape index (κ2) is 8.79. The lowest BCUT2D eigenvalue weighted by molar-refractivity contribution is -0.274. The van der Waals surface area contributed by atoms with Crippen molar-refractivity contribution in [3.8, 4) is 11.5 Å². The summed E-state index contributed by atoms with van der Waals surface area (Å²) in [7, 11) is 3.49. The highest BCUT2D eigenvalue weighted by Gasteiger charge is 2.31. The molecule has 0 aliphatic heterocycles. The molecule has 0 amide bonds. The summed E-state index contributed by atoms with van der Waals surface area (Å²) >= 11 is 0. The van der Waals surface area contributed by atoms with Crippen molar-refractivity contribution >= 4 is 12.0 Å². The molecule has 0 aromatic heterocycles. The van der Waals surface area contributed by atoms with Crippen LogP contribution in [0.3, 0.4) is 0 Å². The number of ether oxygens (including phenoxy) is 2. The Morgan fingerprint density at radius 3 is 2.52 bits per heavy atom. The highest BCUT2D eigenvalue weighted by atomic mass is 19.4. The third kappa shape index (κ3) is 6.20. The van der Waals surface area contributed by atoms with Gasteiger partial charge in [-0.1, -0.05) is 12.1 Å². The first-order valence-corrected chi connectivity index (χ1v) is 8.48. The number of hydrogen-bond acceptors (Lipinski definition) is 3. The van der Waals surface area contributed by atoms with E-state index >= 15 is 0 Å². The number of rotatable bonds is 7. The van der Waals surface area contributed by atoms with Crippen molar-refractivity contribution < 1.29 is 22.6 Å². The smallest absolute Gasteiger partial charge is 0.497 e. The van der Waals surface area contributed by atoms with Gasteiger partial charge in [0.25, 0.3) is 0 Å². The van der Waals surface area contributed by atoms with Crippen molar-refractivity contribution in [2.45, 2.75) is 26.6 Å². The lowest BCUT2D eigenvalue weighted by Crippen LogP contribution is -2.17. The number of alkyl halides is 3. The van der Waals surface area contributed by atoms with E-state index in [-0.39, 0.29) is 5.75 Å². The predicted octanol–water partition coefficient (Wildman–Crippen LogP) is 5.10. The minimum Gasteiger partial charge on any atom is -0.497 e. The average Bonchev–Trinajstić information content (AvgIpc) is 2.60. The molecule has 7 heteroatoms. The van der Waals surface area contributed by atoms with Crippen LogP contribution in [0.2, 0.25) is 0 Å². The molecule has 4 nitrogen and oxygen atoms in total. The van der Waals surface area contributed by atoms with E-state index in [2.05, 4.69) is 9.73 Å². The molecule has 0 aliphatic rings. The first-order valence-electron chi connectivity index (χ1n) is 8.48. The normalized spacial score (nSPS) is 11.7. The number of benzene rings is 2. The van der Waals surface area contributed by atoms with Crippen LogP contribution in [0.25, 0.3) is 0 Å². The second-order valence-corrected chi connectivity index (χ2v) is 6.12. The van der Waals surface area contributed by atoms with Crippen LogP contribution in [0, 0.1) is 6.92 Å². The SMILES string of the molecule is CCN(C)/C=N/c1cc(OC)cc(Cc2cccc(OC(F)(F)F)c2)c1C. The van der Waals surface area contributed by atoms with Gasteiger partial charge in [0.15, 0.2) is 0 Å². The molecular formula is C20H23F3N2O2. The number of halogens is 3. The fourth-order valence-corrected chi connectivity index (χ4v) is 2.48. The van der Waals surface area contributed by atoms with E-state index in [1.165, 1.54) is 12.1 Å². The molecule has 0 heterocycles. The van der Waals surface area contributed by atoms with Crippen LogP contribution in [0.1, 0.15) is 23.6 Å². The second-order valence-electron chi connectivity index (χ2n) is 6.12. The van der Waals surface area contributed by atoms with E-state index in [9.17, 15) is 13.2 Å². The van der Waals surface area contributed by atoms with Gasteiger partial charge >= 0.3 is 6.36 Å². The van der Waals surface area contributed by atoms with Gasteiger partial charge in [0.1, 0.15) is 11.5 Å². The molecule has 0 saturated carbocycles. The zero-order valence-corrected chi connectivity index (χ0v) is 15.8. The van der Waals surface area contributed by atoms with Crippen LogP contribution in [0.15, 0.2) is 41.4 Å². The van der Waals surface area contributed by atoms with Crippen LogP contribution < -0.4 is 9.47 Å². The molecule has 0 atom stereocenters. The van der Waals surface area contributed by atoms with E-state index in [0.717, 1.165) is 23.4 Å². The third-order valence-electron chi connectivity index (χ3n) is 4.12. The first-order chi connectivity index (χ1) is 12.7. The lowest BCUT2D eigenvalue weighted by atomic mass is 9.98. The van der Waals surface area contributed by atoms with Crippen molar-refractivity contribution in [1.82, 2.24) is 4.90 Å². The Balaban J connectivity index is 2.33. The fourth-order valence-electron chi connectivity index (χ4n) is 2.48. The number of methoxy groups -OCH3 is 1. The molecule has 0 aliphatic carbocycles. The Kier molecular flexibility index (Phi) is 6.71. The number of nitrogens with zero attached hydrogens (tertiary/aromatic N) is 2. The Hall–Kier alpha value is -2.70. The topological polar surface area (TPSA) is 34.1 Å². The summed E-state index contributed by atoms with van der Waals surface area (Å²) in [4.78, 5) is 6.44. The summed E-state index contributed by atoms with van der Waals surface area (Å²) in [6.07, 6.45) is -2.54. The quantitative estimate of drug-likeness (QED) is 0.495. The maximum atomic E-state index is 12.4. The molecule has 0 saturated heterocycles. The summed E-state index contributed by atoms with van der Waals surface area (Å²) in [6.45, 7) is 4.78. The van der Waals surface area contributed by atoms with Gasteiger partial charge in [0.05, 0.1) is 19.1 Å². The zero-order chi connectivity index (χ0) is 20.0. The maximum Gasteiger partial charge on any atom is 0.573 e. The Morgan fingerprint density at radius 2 is 1.89 bits per heavy atom. The minimum absolute atomic E-state index is 0.233. The molecule has 0 bridgehead atoms. The van der Waals surface area contributed by atoms with Crippen LogP contribution in [0.5, 0.6) is 11.5 Å². The summed E-state index contributed by atoms with van der Waals surface area (Å²) in [5.74, 6) is 0.410. The zero-order valence-electron chi connectivity index (χ0n) is 15.8. The highest BCUT2D eigenvalue weighted by Crippen LogP contribution is 2.31. The largest absolute Gasteiger partial charge is 0.573 e. The van der Waals surface area contributed by atoms with Crippen LogP contribution >= 0.6 is 0 Å². The Bertz CT molecular complexity index is 804. The van der Waals surface area contributed by atoms with E-state index in [1.54, 1.807) is 25.6 Å². The van der Waals surface area contributed by atoms with Gasteiger partial charge in [-0.05, 0) is 55.2 Å². The third-order valence-corrected chi connectivity index (χ3v) is 4.12. The average molecular weight is 380 g/mol. The summed E-state index contributed by atoms with van der Waals surface area (Å²) < 4.78 is 46.7. The van der Waals surface area contributed by atoms with Crippen molar-refractivity contribution in [3.05, 3.63) is 53.1 Å². The van der Waals surface area contributed by atoms with Crippen molar-refractivity contribution in [2.75, 3.05) is 20.7 Å². The molecule has 2 aromatic carbocycles. The first kappa shape index (κ1) is 20.6. The Morgan fingerprint density at radius 1 is 1.15 bits per heavy atom. The van der Waals surface area contributed by atoms with Gasteiger partial charge in [-0.15, -0.1) is 13.2 Å². The number of aliphatic imine (C=N–C) groups is 1. The monoisotopic (exact) mass is 380 g/mol. The molecule has 2 rings (SSSR count). The van der Waals surface area contributed by atoms with Crippen molar-refractivity contribution in [1.29, 1.82) is 0 Å². The lowest BCUT2D eigenvalue weighted by Gasteiger charge is -2.14. The molecule has 2 aromatic rings. The summed E-state index contributed by atoms with van der Waals surface area (Å²) in [5.41, 5.74) is 3.32. The molecule has 0 spiro atoms. The van der Waals surface area contributed by atoms with E-state index in [0.29, 0.717) is 17.7 Å². The van der Waals surface area contributed by atoms with Crippen molar-refractivity contribution in [2.24, 2.45) is 4.99 Å². The molecule has 0 unspecified atom stereocenters. The van der Waals surface area contributed by atoms with Crippen LogP contribution in [0.4, 0.5) is 18.9 Å². The summed E-state index contributed by atoms with van der Waals surface area (Å²) in [5, 5.41) is 0. The van der Waals surface area contributed by atoms with Crippen LogP contribution in [-0.4, -0.2) is 38.3 Å². The van der Waals surface area contributed by atoms with Gasteiger partial charge in [-0.3, -0.25) is 0 Å². The molecular weight excluding hydrogens is 357 g/mol. The minimum atomic E-state index is -4.71. The van der Waals surface area contributed by atoms with Gasteiger partial charge < -0.3 is 14.4 Å². The standard InChI is InChI=1S/C20H23F3N2O2/c1-5-25(3)13-24-19-12-18(26-4)11-16(14(19)2)9-15-7-6-8-17(10-15)27-20(21,22)23/h6-8,10-13H,5,9H2,1-4H3/b24-13+. The van der Waals surface area contributed by atoms with Crippen molar-refractivity contribution in [3.63, 3.8) is 0 Å². The van der Waals surface area contributed by atoms with Gasteiger partial charge in [0.2, 0.25) is 0 Å². The molecule has 0 radical (unpaired) electrons. The van der Waals surface area contributed by atoms with Gasteiger partial charge in [-0.2, -0.15) is 0 Å². The van der Waals surface area contributed by atoms with Gasteiger partial charge in [-0.25, -0.2) is 4.99 Å². The van der Waals surface area contributed by atoms with Gasteiger partial charge in [0, 0.05) is 19.7 Å². The predicted molar refractivity (Wildman–Crippen MR) is 100 cm³/mol. The maximum absolute atomic E-state index is 12.4.